The first kappa shape index (κ1) is 15.3. The molecule has 108 valence electrons. The second kappa shape index (κ2) is 7.04. The van der Waals surface area contributed by atoms with Crippen molar-refractivity contribution in [2.24, 2.45) is 0 Å². The number of benzene rings is 1. The zero-order chi connectivity index (χ0) is 14.5. The molecule has 2 aromatic rings. The van der Waals surface area contributed by atoms with Crippen molar-refractivity contribution in [3.05, 3.63) is 51.8 Å². The lowest BCUT2D eigenvalue weighted by molar-refractivity contribution is 0.512. The summed E-state index contributed by atoms with van der Waals surface area (Å²) in [5.74, 6) is 0. The van der Waals surface area contributed by atoms with Gasteiger partial charge in [-0.1, -0.05) is 35.0 Å². The Bertz CT molecular complexity index is 563. The molecule has 3 nitrogen and oxygen atoms in total. The quantitative estimate of drug-likeness (QED) is 0.871. The Morgan fingerprint density at radius 1 is 1.30 bits per heavy atom. The first-order valence-corrected chi connectivity index (χ1v) is 7.95. The third kappa shape index (κ3) is 3.49. The summed E-state index contributed by atoms with van der Waals surface area (Å²) in [6, 6.07) is 11.0. The molecule has 1 atom stereocenters. The van der Waals surface area contributed by atoms with Gasteiger partial charge in [0.2, 0.25) is 0 Å². The molecule has 1 aromatic heterocycles. The summed E-state index contributed by atoms with van der Waals surface area (Å²) in [7, 11) is 2.02. The molecule has 1 heterocycles. The predicted octanol–water partition coefficient (Wildman–Crippen LogP) is 3.73. The average Bonchev–Trinajstić information content (AvgIpc) is 2.88. The van der Waals surface area contributed by atoms with Gasteiger partial charge in [-0.15, -0.1) is 0 Å². The number of rotatable bonds is 6. The maximum atomic E-state index is 4.64. The number of likely N-dealkylation sites (N-methyl/N-ethyl adjacent to an activating group) is 1. The Morgan fingerprint density at radius 2 is 2.10 bits per heavy atom. The van der Waals surface area contributed by atoms with E-state index in [2.05, 4.69) is 75.2 Å². The van der Waals surface area contributed by atoms with Crippen LogP contribution in [0.25, 0.3) is 0 Å². The SMILES string of the molecule is CCc1cc(C(Cc2cccc(Br)c2)NC)n(CC)n1. The Labute approximate surface area is 129 Å². The normalized spacial score (nSPS) is 12.6. The number of aryl methyl sites for hydroxylation is 2. The van der Waals surface area contributed by atoms with Crippen LogP contribution < -0.4 is 5.32 Å². The van der Waals surface area contributed by atoms with E-state index >= 15 is 0 Å². The number of nitrogens with zero attached hydrogens (tertiary/aromatic N) is 2. The Balaban J connectivity index is 2.25. The van der Waals surface area contributed by atoms with Crippen LogP contribution in [0.2, 0.25) is 0 Å². The van der Waals surface area contributed by atoms with E-state index in [4.69, 9.17) is 0 Å². The molecule has 0 amide bonds. The number of hydrogen-bond acceptors (Lipinski definition) is 2. The van der Waals surface area contributed by atoms with E-state index in [0.29, 0.717) is 0 Å². The fourth-order valence-electron chi connectivity index (χ4n) is 2.45. The van der Waals surface area contributed by atoms with E-state index < -0.39 is 0 Å². The second-order valence-corrected chi connectivity index (χ2v) is 5.82. The smallest absolute Gasteiger partial charge is 0.0625 e. The highest BCUT2D eigenvalue weighted by Gasteiger charge is 2.16. The molecule has 20 heavy (non-hydrogen) atoms. The maximum Gasteiger partial charge on any atom is 0.0625 e. The van der Waals surface area contributed by atoms with Crippen LogP contribution in [0, 0.1) is 0 Å². The first-order valence-electron chi connectivity index (χ1n) is 7.16. The maximum absolute atomic E-state index is 4.64. The van der Waals surface area contributed by atoms with Crippen molar-refractivity contribution in [3.8, 4) is 0 Å². The summed E-state index contributed by atoms with van der Waals surface area (Å²) in [4.78, 5) is 0. The van der Waals surface area contributed by atoms with E-state index in [1.165, 1.54) is 11.3 Å². The standard InChI is InChI=1S/C16H22BrN3/c1-4-14-11-16(20(5-2)19-14)15(18-3)10-12-7-6-8-13(17)9-12/h6-9,11,15,18H,4-5,10H2,1-3H3. The molecule has 0 aliphatic rings. The van der Waals surface area contributed by atoms with Crippen LogP contribution in [0.1, 0.15) is 36.8 Å². The lowest BCUT2D eigenvalue weighted by atomic mass is 10.0. The minimum atomic E-state index is 0.289. The van der Waals surface area contributed by atoms with E-state index in [1.54, 1.807) is 0 Å². The van der Waals surface area contributed by atoms with Gasteiger partial charge >= 0.3 is 0 Å². The van der Waals surface area contributed by atoms with E-state index in [1.807, 2.05) is 7.05 Å². The second-order valence-electron chi connectivity index (χ2n) is 4.91. The molecular weight excluding hydrogens is 314 g/mol. The van der Waals surface area contributed by atoms with Gasteiger partial charge in [0.1, 0.15) is 0 Å². The van der Waals surface area contributed by atoms with Gasteiger partial charge in [-0.3, -0.25) is 4.68 Å². The largest absolute Gasteiger partial charge is 0.311 e. The van der Waals surface area contributed by atoms with Crippen molar-refractivity contribution in [1.82, 2.24) is 15.1 Å². The summed E-state index contributed by atoms with van der Waals surface area (Å²) < 4.78 is 3.24. The van der Waals surface area contributed by atoms with Crippen LogP contribution in [0.5, 0.6) is 0 Å². The van der Waals surface area contributed by atoms with Crippen molar-refractivity contribution in [1.29, 1.82) is 0 Å². The number of aromatic nitrogens is 2. The van der Waals surface area contributed by atoms with E-state index in [0.717, 1.165) is 29.6 Å². The Kier molecular flexibility index (Phi) is 5.38. The lowest BCUT2D eigenvalue weighted by Crippen LogP contribution is -2.22. The third-order valence-electron chi connectivity index (χ3n) is 3.56. The van der Waals surface area contributed by atoms with Crippen molar-refractivity contribution >= 4 is 15.9 Å². The summed E-state index contributed by atoms with van der Waals surface area (Å²) in [6.45, 7) is 5.20. The number of hydrogen-bond donors (Lipinski definition) is 1. The van der Waals surface area contributed by atoms with Crippen LogP contribution in [0.4, 0.5) is 0 Å². The van der Waals surface area contributed by atoms with Gasteiger partial charge in [0.15, 0.2) is 0 Å². The summed E-state index contributed by atoms with van der Waals surface area (Å²) in [6.07, 6.45) is 1.94. The minimum absolute atomic E-state index is 0.289. The van der Waals surface area contributed by atoms with Gasteiger partial charge in [-0.2, -0.15) is 5.10 Å². The van der Waals surface area contributed by atoms with Gasteiger partial charge in [0.05, 0.1) is 17.4 Å². The average molecular weight is 336 g/mol. The van der Waals surface area contributed by atoms with E-state index in [9.17, 15) is 0 Å². The molecule has 1 N–H and O–H groups in total. The topological polar surface area (TPSA) is 29.9 Å². The van der Waals surface area contributed by atoms with Crippen LogP contribution >= 0.6 is 15.9 Å². The van der Waals surface area contributed by atoms with Crippen LogP contribution in [-0.4, -0.2) is 16.8 Å². The summed E-state index contributed by atoms with van der Waals surface area (Å²) >= 11 is 3.54. The molecule has 4 heteroatoms. The molecule has 0 saturated carbocycles. The molecule has 1 unspecified atom stereocenters. The van der Waals surface area contributed by atoms with Crippen molar-refractivity contribution in [2.45, 2.75) is 39.3 Å². The minimum Gasteiger partial charge on any atom is -0.311 e. The zero-order valence-corrected chi connectivity index (χ0v) is 13.9. The fourth-order valence-corrected chi connectivity index (χ4v) is 2.89. The number of halogens is 1. The van der Waals surface area contributed by atoms with Crippen LogP contribution in [0.3, 0.4) is 0 Å². The predicted molar refractivity (Wildman–Crippen MR) is 86.9 cm³/mol. The van der Waals surface area contributed by atoms with Crippen molar-refractivity contribution in [2.75, 3.05) is 7.05 Å². The highest BCUT2D eigenvalue weighted by molar-refractivity contribution is 9.10. The van der Waals surface area contributed by atoms with Gasteiger partial charge in [-0.05, 0) is 50.6 Å². The third-order valence-corrected chi connectivity index (χ3v) is 4.05. The van der Waals surface area contributed by atoms with Crippen molar-refractivity contribution < 1.29 is 0 Å². The van der Waals surface area contributed by atoms with Gasteiger partial charge in [0, 0.05) is 11.0 Å². The van der Waals surface area contributed by atoms with Crippen LogP contribution in [0.15, 0.2) is 34.8 Å². The molecule has 0 bridgehead atoms. The molecular formula is C16H22BrN3. The Morgan fingerprint density at radius 3 is 2.70 bits per heavy atom. The fraction of sp³-hybridized carbons (Fsp3) is 0.438. The molecule has 2 rings (SSSR count). The monoisotopic (exact) mass is 335 g/mol. The van der Waals surface area contributed by atoms with Gasteiger partial charge in [0.25, 0.3) is 0 Å². The zero-order valence-electron chi connectivity index (χ0n) is 12.4. The highest BCUT2D eigenvalue weighted by Crippen LogP contribution is 2.21. The lowest BCUT2D eigenvalue weighted by Gasteiger charge is -2.17. The van der Waals surface area contributed by atoms with Crippen molar-refractivity contribution in [3.63, 3.8) is 0 Å². The molecule has 0 fully saturated rings. The molecule has 0 saturated heterocycles. The number of nitrogens with one attached hydrogen (secondary N) is 1. The summed E-state index contributed by atoms with van der Waals surface area (Å²) in [5.41, 5.74) is 3.75. The molecule has 0 spiro atoms. The summed E-state index contributed by atoms with van der Waals surface area (Å²) in [5, 5.41) is 8.06. The molecule has 0 radical (unpaired) electrons. The van der Waals surface area contributed by atoms with Gasteiger partial charge in [-0.25, -0.2) is 0 Å². The van der Waals surface area contributed by atoms with E-state index in [-0.39, 0.29) is 6.04 Å². The Hall–Kier alpha value is -1.13. The first-order chi connectivity index (χ1) is 9.67. The molecule has 1 aromatic carbocycles. The van der Waals surface area contributed by atoms with Crippen LogP contribution in [-0.2, 0) is 19.4 Å². The molecule has 0 aliphatic heterocycles. The van der Waals surface area contributed by atoms with Gasteiger partial charge < -0.3 is 5.32 Å². The molecule has 0 aliphatic carbocycles. The highest BCUT2D eigenvalue weighted by atomic mass is 79.9.